The molecule has 0 radical (unpaired) electrons. The molecular weight excluding hydrogens is 238 g/mol. The van der Waals surface area contributed by atoms with Crippen LogP contribution in [-0.2, 0) is 0 Å². The molecule has 0 spiro atoms. The Morgan fingerprint density at radius 3 is 2.53 bits per heavy atom. The zero-order valence-electron chi connectivity index (χ0n) is 10.8. The van der Waals surface area contributed by atoms with Gasteiger partial charge in [-0.1, -0.05) is 24.3 Å². The van der Waals surface area contributed by atoms with Crippen molar-refractivity contribution < 1.29 is 9.84 Å². The fourth-order valence-electron chi connectivity index (χ4n) is 2.45. The molecule has 0 bridgehead atoms. The van der Waals surface area contributed by atoms with Gasteiger partial charge >= 0.3 is 0 Å². The van der Waals surface area contributed by atoms with Crippen molar-refractivity contribution in [2.24, 2.45) is 5.73 Å². The normalized spacial score (nSPS) is 21.2. The SMILES string of the molecule is COc1cc(-c2cccc(O)c2)ccc1C1CC1N. The summed E-state index contributed by atoms with van der Waals surface area (Å²) in [5, 5.41) is 9.54. The summed E-state index contributed by atoms with van der Waals surface area (Å²) in [6.07, 6.45) is 1.03. The zero-order chi connectivity index (χ0) is 13.4. The maximum Gasteiger partial charge on any atom is 0.123 e. The number of aromatic hydroxyl groups is 1. The maximum atomic E-state index is 9.54. The van der Waals surface area contributed by atoms with Crippen molar-refractivity contribution in [1.82, 2.24) is 0 Å². The van der Waals surface area contributed by atoms with E-state index in [0.29, 0.717) is 5.92 Å². The van der Waals surface area contributed by atoms with Crippen LogP contribution in [0.5, 0.6) is 11.5 Å². The van der Waals surface area contributed by atoms with Crippen molar-refractivity contribution in [2.75, 3.05) is 7.11 Å². The van der Waals surface area contributed by atoms with E-state index in [9.17, 15) is 5.11 Å². The van der Waals surface area contributed by atoms with Crippen LogP contribution in [0.4, 0.5) is 0 Å². The number of nitrogens with two attached hydrogens (primary N) is 1. The first kappa shape index (κ1) is 12.1. The molecule has 1 saturated carbocycles. The van der Waals surface area contributed by atoms with Gasteiger partial charge in [-0.25, -0.2) is 0 Å². The highest BCUT2D eigenvalue weighted by Crippen LogP contribution is 2.44. The molecule has 2 atom stereocenters. The molecule has 98 valence electrons. The first-order valence-electron chi connectivity index (χ1n) is 6.42. The molecule has 0 heterocycles. The molecule has 3 heteroatoms. The van der Waals surface area contributed by atoms with Gasteiger partial charge in [0.25, 0.3) is 0 Å². The molecule has 1 fully saturated rings. The Hall–Kier alpha value is -2.00. The standard InChI is InChI=1S/C16H17NO2/c1-19-16-8-11(10-3-2-4-12(18)7-10)5-6-13(16)14-9-15(14)17/h2-8,14-15,18H,9,17H2,1H3. The second kappa shape index (κ2) is 4.59. The number of benzene rings is 2. The van der Waals surface area contributed by atoms with Gasteiger partial charge in [0, 0.05) is 12.0 Å². The summed E-state index contributed by atoms with van der Waals surface area (Å²) < 4.78 is 5.47. The van der Waals surface area contributed by atoms with Crippen molar-refractivity contribution in [3.05, 3.63) is 48.0 Å². The average Bonchev–Trinajstić information content (AvgIpc) is 3.15. The minimum atomic E-state index is 0.264. The van der Waals surface area contributed by atoms with Crippen LogP contribution in [0.25, 0.3) is 11.1 Å². The Morgan fingerprint density at radius 2 is 1.89 bits per heavy atom. The molecule has 19 heavy (non-hydrogen) atoms. The van der Waals surface area contributed by atoms with Crippen molar-refractivity contribution in [1.29, 1.82) is 0 Å². The van der Waals surface area contributed by atoms with Crippen LogP contribution >= 0.6 is 0 Å². The van der Waals surface area contributed by atoms with Crippen LogP contribution in [0, 0.1) is 0 Å². The smallest absolute Gasteiger partial charge is 0.123 e. The summed E-state index contributed by atoms with van der Waals surface area (Å²) in [5.41, 5.74) is 9.09. The maximum absolute atomic E-state index is 9.54. The molecule has 1 aliphatic rings. The van der Waals surface area contributed by atoms with E-state index in [-0.39, 0.29) is 11.8 Å². The summed E-state index contributed by atoms with van der Waals surface area (Å²) in [5.74, 6) is 1.57. The predicted molar refractivity (Wildman–Crippen MR) is 75.4 cm³/mol. The Labute approximate surface area is 112 Å². The van der Waals surface area contributed by atoms with Gasteiger partial charge in [-0.15, -0.1) is 0 Å². The summed E-state index contributed by atoms with van der Waals surface area (Å²) in [6.45, 7) is 0. The van der Waals surface area contributed by atoms with E-state index >= 15 is 0 Å². The molecule has 2 aromatic carbocycles. The van der Waals surface area contributed by atoms with E-state index in [4.69, 9.17) is 10.5 Å². The number of rotatable bonds is 3. The predicted octanol–water partition coefficient (Wildman–Crippen LogP) is 2.88. The van der Waals surface area contributed by atoms with E-state index < -0.39 is 0 Å². The Balaban J connectivity index is 2.00. The number of hydrogen-bond donors (Lipinski definition) is 2. The highest BCUT2D eigenvalue weighted by Gasteiger charge is 2.36. The zero-order valence-corrected chi connectivity index (χ0v) is 10.8. The monoisotopic (exact) mass is 255 g/mol. The number of methoxy groups -OCH3 is 1. The molecule has 2 aromatic rings. The molecule has 0 amide bonds. The van der Waals surface area contributed by atoms with E-state index in [1.54, 1.807) is 19.2 Å². The first-order valence-corrected chi connectivity index (χ1v) is 6.42. The second-order valence-electron chi connectivity index (χ2n) is 5.01. The van der Waals surface area contributed by atoms with Gasteiger partial charge in [-0.05, 0) is 41.3 Å². The molecular formula is C16H17NO2. The topological polar surface area (TPSA) is 55.5 Å². The lowest BCUT2D eigenvalue weighted by atomic mass is 10.0. The lowest BCUT2D eigenvalue weighted by Gasteiger charge is -2.11. The third kappa shape index (κ3) is 2.29. The molecule has 2 unspecified atom stereocenters. The summed E-state index contributed by atoms with van der Waals surface area (Å²) in [4.78, 5) is 0. The number of ether oxygens (including phenoxy) is 1. The number of phenolic OH excluding ortho intramolecular Hbond substituents is 1. The van der Waals surface area contributed by atoms with Crippen LogP contribution < -0.4 is 10.5 Å². The van der Waals surface area contributed by atoms with E-state index in [0.717, 1.165) is 23.3 Å². The average molecular weight is 255 g/mol. The first-order chi connectivity index (χ1) is 9.19. The Kier molecular flexibility index (Phi) is 2.91. The summed E-state index contributed by atoms with van der Waals surface area (Å²) in [6, 6.07) is 13.6. The molecule has 0 aromatic heterocycles. The summed E-state index contributed by atoms with van der Waals surface area (Å²) in [7, 11) is 1.68. The fraction of sp³-hybridized carbons (Fsp3) is 0.250. The second-order valence-corrected chi connectivity index (χ2v) is 5.01. The van der Waals surface area contributed by atoms with Crippen molar-refractivity contribution in [3.8, 4) is 22.6 Å². The number of phenols is 1. The highest BCUT2D eigenvalue weighted by molar-refractivity contribution is 5.68. The molecule has 3 nitrogen and oxygen atoms in total. The minimum Gasteiger partial charge on any atom is -0.508 e. The van der Waals surface area contributed by atoms with Gasteiger partial charge in [0.15, 0.2) is 0 Å². The van der Waals surface area contributed by atoms with Crippen LogP contribution in [0.1, 0.15) is 17.9 Å². The van der Waals surface area contributed by atoms with Gasteiger partial charge in [-0.3, -0.25) is 0 Å². The summed E-state index contributed by atoms with van der Waals surface area (Å²) >= 11 is 0. The van der Waals surface area contributed by atoms with Crippen LogP contribution in [-0.4, -0.2) is 18.3 Å². The third-order valence-electron chi connectivity index (χ3n) is 3.65. The minimum absolute atomic E-state index is 0.264. The van der Waals surface area contributed by atoms with Crippen molar-refractivity contribution >= 4 is 0 Å². The lowest BCUT2D eigenvalue weighted by molar-refractivity contribution is 0.409. The molecule has 1 aliphatic carbocycles. The van der Waals surface area contributed by atoms with Crippen LogP contribution in [0.3, 0.4) is 0 Å². The highest BCUT2D eigenvalue weighted by atomic mass is 16.5. The van der Waals surface area contributed by atoms with E-state index in [2.05, 4.69) is 12.1 Å². The van der Waals surface area contributed by atoms with Gasteiger partial charge in [-0.2, -0.15) is 0 Å². The lowest BCUT2D eigenvalue weighted by Crippen LogP contribution is -2.02. The Morgan fingerprint density at radius 1 is 1.16 bits per heavy atom. The number of hydrogen-bond acceptors (Lipinski definition) is 3. The third-order valence-corrected chi connectivity index (χ3v) is 3.65. The van der Waals surface area contributed by atoms with Crippen LogP contribution in [0.2, 0.25) is 0 Å². The molecule has 0 aliphatic heterocycles. The van der Waals surface area contributed by atoms with Gasteiger partial charge in [0.2, 0.25) is 0 Å². The quantitative estimate of drug-likeness (QED) is 0.886. The van der Waals surface area contributed by atoms with Crippen LogP contribution in [0.15, 0.2) is 42.5 Å². The molecule has 0 saturated heterocycles. The van der Waals surface area contributed by atoms with Gasteiger partial charge in [0.05, 0.1) is 7.11 Å². The molecule has 3 N–H and O–H groups in total. The molecule has 3 rings (SSSR count). The van der Waals surface area contributed by atoms with Gasteiger partial charge < -0.3 is 15.6 Å². The van der Waals surface area contributed by atoms with Crippen molar-refractivity contribution in [2.45, 2.75) is 18.4 Å². The Bertz CT molecular complexity index is 609. The van der Waals surface area contributed by atoms with Gasteiger partial charge in [0.1, 0.15) is 11.5 Å². The fourth-order valence-corrected chi connectivity index (χ4v) is 2.45. The van der Waals surface area contributed by atoms with E-state index in [1.807, 2.05) is 18.2 Å². The largest absolute Gasteiger partial charge is 0.508 e. The van der Waals surface area contributed by atoms with E-state index in [1.165, 1.54) is 5.56 Å². The van der Waals surface area contributed by atoms with Crippen molar-refractivity contribution in [3.63, 3.8) is 0 Å².